The molecule has 1 aliphatic carbocycles. The van der Waals surface area contributed by atoms with E-state index in [9.17, 15) is 8.42 Å². The SMILES string of the molecule is CC1CCCC(N)(CN2CCCS(=O)(=O)CC2)C1. The standard InChI is InChI=1S/C13H26N2O2S/c1-12-4-2-5-13(14,10-12)11-15-6-3-8-18(16,17)9-7-15/h12H,2-11,14H2,1H3. The smallest absolute Gasteiger partial charge is 0.151 e. The molecule has 2 fully saturated rings. The van der Waals surface area contributed by atoms with Gasteiger partial charge in [0.05, 0.1) is 11.5 Å². The first-order valence-electron chi connectivity index (χ1n) is 7.10. The van der Waals surface area contributed by atoms with Crippen molar-refractivity contribution in [1.82, 2.24) is 4.90 Å². The minimum Gasteiger partial charge on any atom is -0.324 e. The van der Waals surface area contributed by atoms with E-state index in [-0.39, 0.29) is 5.54 Å². The third kappa shape index (κ3) is 3.93. The van der Waals surface area contributed by atoms with Gasteiger partial charge in [-0.25, -0.2) is 8.42 Å². The number of nitrogens with zero attached hydrogens (tertiary/aromatic N) is 1. The molecule has 2 unspecified atom stereocenters. The molecule has 0 spiro atoms. The van der Waals surface area contributed by atoms with Gasteiger partial charge in [-0.3, -0.25) is 0 Å². The second-order valence-corrected chi connectivity index (χ2v) is 8.65. The Labute approximate surface area is 111 Å². The minimum atomic E-state index is -2.81. The molecule has 2 aliphatic rings. The van der Waals surface area contributed by atoms with Crippen LogP contribution in [0.1, 0.15) is 39.0 Å². The Morgan fingerprint density at radius 1 is 1.28 bits per heavy atom. The van der Waals surface area contributed by atoms with E-state index in [4.69, 9.17) is 5.73 Å². The fraction of sp³-hybridized carbons (Fsp3) is 1.00. The topological polar surface area (TPSA) is 63.4 Å². The van der Waals surface area contributed by atoms with Crippen LogP contribution in [0.3, 0.4) is 0 Å². The lowest BCUT2D eigenvalue weighted by Gasteiger charge is -2.40. The zero-order chi connectivity index (χ0) is 13.2. The van der Waals surface area contributed by atoms with Crippen molar-refractivity contribution in [1.29, 1.82) is 0 Å². The molecule has 0 radical (unpaired) electrons. The van der Waals surface area contributed by atoms with Gasteiger partial charge in [0.1, 0.15) is 0 Å². The summed E-state index contributed by atoms with van der Waals surface area (Å²) in [5.74, 6) is 1.36. The third-order valence-corrected chi connectivity index (χ3v) is 6.03. The van der Waals surface area contributed by atoms with Gasteiger partial charge in [-0.2, -0.15) is 0 Å². The molecule has 1 saturated heterocycles. The molecule has 1 aliphatic heterocycles. The van der Waals surface area contributed by atoms with Crippen LogP contribution in [0.15, 0.2) is 0 Å². The van der Waals surface area contributed by atoms with E-state index in [2.05, 4.69) is 11.8 Å². The van der Waals surface area contributed by atoms with Gasteiger partial charge in [-0.05, 0) is 31.7 Å². The Balaban J connectivity index is 1.92. The monoisotopic (exact) mass is 274 g/mol. The van der Waals surface area contributed by atoms with Crippen LogP contribution >= 0.6 is 0 Å². The molecule has 106 valence electrons. The number of rotatable bonds is 2. The summed E-state index contributed by atoms with van der Waals surface area (Å²) in [6.45, 7) is 4.68. The van der Waals surface area contributed by atoms with E-state index < -0.39 is 9.84 Å². The van der Waals surface area contributed by atoms with Gasteiger partial charge < -0.3 is 10.6 Å². The molecule has 0 aromatic carbocycles. The highest BCUT2D eigenvalue weighted by Crippen LogP contribution is 2.31. The maximum absolute atomic E-state index is 11.6. The normalized spacial score (nSPS) is 38.2. The second kappa shape index (κ2) is 5.47. The van der Waals surface area contributed by atoms with E-state index in [1.807, 2.05) is 0 Å². The van der Waals surface area contributed by atoms with Crippen molar-refractivity contribution in [2.24, 2.45) is 11.7 Å². The molecule has 0 bridgehead atoms. The van der Waals surface area contributed by atoms with E-state index >= 15 is 0 Å². The molecule has 2 rings (SSSR count). The van der Waals surface area contributed by atoms with Crippen molar-refractivity contribution in [3.8, 4) is 0 Å². The van der Waals surface area contributed by atoms with Crippen molar-refractivity contribution in [3.05, 3.63) is 0 Å². The maximum atomic E-state index is 11.6. The number of nitrogens with two attached hydrogens (primary N) is 1. The largest absolute Gasteiger partial charge is 0.324 e. The van der Waals surface area contributed by atoms with Crippen LogP contribution in [0.25, 0.3) is 0 Å². The summed E-state index contributed by atoms with van der Waals surface area (Å²) in [4.78, 5) is 2.27. The van der Waals surface area contributed by atoms with Crippen LogP contribution in [0.2, 0.25) is 0 Å². The lowest BCUT2D eigenvalue weighted by molar-refractivity contribution is 0.156. The second-order valence-electron chi connectivity index (χ2n) is 6.35. The fourth-order valence-electron chi connectivity index (χ4n) is 3.44. The minimum absolute atomic E-state index is 0.0915. The first-order chi connectivity index (χ1) is 8.39. The summed E-state index contributed by atoms with van der Waals surface area (Å²) in [7, 11) is -2.81. The molecule has 2 N–H and O–H groups in total. The first-order valence-corrected chi connectivity index (χ1v) is 8.92. The van der Waals surface area contributed by atoms with Gasteiger partial charge in [0.2, 0.25) is 0 Å². The number of sulfone groups is 1. The van der Waals surface area contributed by atoms with E-state index in [1.165, 1.54) is 12.8 Å². The highest BCUT2D eigenvalue weighted by molar-refractivity contribution is 7.91. The number of hydrogen-bond acceptors (Lipinski definition) is 4. The van der Waals surface area contributed by atoms with Crippen molar-refractivity contribution >= 4 is 9.84 Å². The van der Waals surface area contributed by atoms with E-state index in [0.717, 1.165) is 32.4 Å². The molecule has 0 aromatic rings. The highest BCUT2D eigenvalue weighted by Gasteiger charge is 2.33. The van der Waals surface area contributed by atoms with Crippen molar-refractivity contribution in [3.63, 3.8) is 0 Å². The van der Waals surface area contributed by atoms with Crippen LogP contribution in [-0.2, 0) is 9.84 Å². The quantitative estimate of drug-likeness (QED) is 0.816. The maximum Gasteiger partial charge on any atom is 0.151 e. The summed E-state index contributed by atoms with van der Waals surface area (Å²) in [5, 5.41) is 0. The lowest BCUT2D eigenvalue weighted by atomic mass is 9.77. The van der Waals surface area contributed by atoms with Gasteiger partial charge in [0, 0.05) is 18.6 Å². The zero-order valence-electron chi connectivity index (χ0n) is 11.4. The van der Waals surface area contributed by atoms with Gasteiger partial charge in [-0.1, -0.05) is 19.8 Å². The fourth-order valence-corrected chi connectivity index (χ4v) is 4.75. The molecule has 5 heteroatoms. The predicted molar refractivity (Wildman–Crippen MR) is 74.3 cm³/mol. The number of hydrogen-bond donors (Lipinski definition) is 1. The van der Waals surface area contributed by atoms with Crippen LogP contribution in [0.4, 0.5) is 0 Å². The van der Waals surface area contributed by atoms with Gasteiger partial charge in [0.25, 0.3) is 0 Å². The molecule has 2 atom stereocenters. The Kier molecular flexibility index (Phi) is 4.34. The van der Waals surface area contributed by atoms with Crippen molar-refractivity contribution < 1.29 is 8.42 Å². The third-order valence-electron chi connectivity index (χ3n) is 4.31. The van der Waals surface area contributed by atoms with Gasteiger partial charge >= 0.3 is 0 Å². The van der Waals surface area contributed by atoms with Crippen LogP contribution in [0.5, 0.6) is 0 Å². The van der Waals surface area contributed by atoms with E-state index in [0.29, 0.717) is 24.0 Å². The highest BCUT2D eigenvalue weighted by atomic mass is 32.2. The summed E-state index contributed by atoms with van der Waals surface area (Å²) < 4.78 is 23.2. The van der Waals surface area contributed by atoms with Crippen LogP contribution < -0.4 is 5.73 Å². The Morgan fingerprint density at radius 2 is 2.06 bits per heavy atom. The predicted octanol–water partition coefficient (Wildman–Crippen LogP) is 1.01. The molecule has 0 aromatic heterocycles. The molecule has 0 amide bonds. The zero-order valence-corrected chi connectivity index (χ0v) is 12.2. The van der Waals surface area contributed by atoms with Gasteiger partial charge in [-0.15, -0.1) is 0 Å². The summed E-state index contributed by atoms with van der Waals surface area (Å²) in [6, 6.07) is 0. The molecule has 18 heavy (non-hydrogen) atoms. The van der Waals surface area contributed by atoms with Crippen molar-refractivity contribution in [2.45, 2.75) is 44.6 Å². The average molecular weight is 274 g/mol. The Hall–Kier alpha value is -0.130. The van der Waals surface area contributed by atoms with E-state index in [1.54, 1.807) is 0 Å². The van der Waals surface area contributed by atoms with Crippen molar-refractivity contribution in [2.75, 3.05) is 31.1 Å². The molecule has 4 nitrogen and oxygen atoms in total. The molecule has 1 heterocycles. The first kappa shape index (κ1) is 14.3. The molecular formula is C13H26N2O2S. The Bertz CT molecular complexity index is 382. The molecular weight excluding hydrogens is 248 g/mol. The van der Waals surface area contributed by atoms with Crippen LogP contribution in [-0.4, -0.2) is 50.0 Å². The summed E-state index contributed by atoms with van der Waals surface area (Å²) in [5.41, 5.74) is 6.42. The summed E-state index contributed by atoms with van der Waals surface area (Å²) >= 11 is 0. The average Bonchev–Trinajstić information content (AvgIpc) is 2.39. The van der Waals surface area contributed by atoms with Gasteiger partial charge in [0.15, 0.2) is 9.84 Å². The summed E-state index contributed by atoms with van der Waals surface area (Å²) in [6.07, 6.45) is 5.42. The molecule has 1 saturated carbocycles. The van der Waals surface area contributed by atoms with Crippen LogP contribution in [0, 0.1) is 5.92 Å². The lowest BCUT2D eigenvalue weighted by Crippen LogP contribution is -2.53. The Morgan fingerprint density at radius 3 is 2.78 bits per heavy atom.